The maximum atomic E-state index is 12.7. The standard InChI is InChI=1S/C29H29N3O4/c1-34-26-10-9-22(19-27(26)35-2)14-18-36-28-8-4-7-25(32-28)23-5-3-6-24(20-23)29(33)31-17-13-21-11-15-30-16-12-21/h3-12,15-16,19-20H,13-14,17-18H2,1-2H3,(H,31,33). The maximum Gasteiger partial charge on any atom is 0.251 e. The number of aromatic nitrogens is 2. The molecule has 0 aliphatic heterocycles. The number of hydrogen-bond donors (Lipinski definition) is 1. The molecule has 4 rings (SSSR count). The number of nitrogens with one attached hydrogen (secondary N) is 1. The third-order valence-electron chi connectivity index (χ3n) is 5.68. The van der Waals surface area contributed by atoms with E-state index in [0.717, 1.165) is 28.8 Å². The zero-order chi connectivity index (χ0) is 25.2. The summed E-state index contributed by atoms with van der Waals surface area (Å²) in [5.74, 6) is 1.80. The van der Waals surface area contributed by atoms with Crippen LogP contribution in [0, 0.1) is 0 Å². The number of rotatable bonds is 11. The third-order valence-corrected chi connectivity index (χ3v) is 5.68. The van der Waals surface area contributed by atoms with E-state index < -0.39 is 0 Å². The van der Waals surface area contributed by atoms with Gasteiger partial charge in [0.1, 0.15) is 0 Å². The SMILES string of the molecule is COc1ccc(CCOc2cccc(-c3cccc(C(=O)NCCc4ccncc4)c3)n2)cc1OC. The lowest BCUT2D eigenvalue weighted by molar-refractivity contribution is 0.0954. The molecule has 7 nitrogen and oxygen atoms in total. The number of pyridine rings is 2. The van der Waals surface area contributed by atoms with Gasteiger partial charge in [0.15, 0.2) is 11.5 Å². The van der Waals surface area contributed by atoms with Gasteiger partial charge in [0.05, 0.1) is 26.5 Å². The Bertz CT molecular complexity index is 1290. The van der Waals surface area contributed by atoms with Gasteiger partial charge in [0.25, 0.3) is 5.91 Å². The van der Waals surface area contributed by atoms with Crippen LogP contribution >= 0.6 is 0 Å². The van der Waals surface area contributed by atoms with Crippen LogP contribution in [0.4, 0.5) is 0 Å². The minimum atomic E-state index is -0.117. The largest absolute Gasteiger partial charge is 0.493 e. The molecule has 1 amide bonds. The molecule has 2 aromatic carbocycles. The van der Waals surface area contributed by atoms with E-state index >= 15 is 0 Å². The Morgan fingerprint density at radius 1 is 0.833 bits per heavy atom. The monoisotopic (exact) mass is 483 g/mol. The first-order valence-corrected chi connectivity index (χ1v) is 11.7. The highest BCUT2D eigenvalue weighted by atomic mass is 16.5. The lowest BCUT2D eigenvalue weighted by Gasteiger charge is -2.11. The van der Waals surface area contributed by atoms with Crippen LogP contribution in [0.1, 0.15) is 21.5 Å². The van der Waals surface area contributed by atoms with Crippen LogP contribution in [0.25, 0.3) is 11.3 Å². The van der Waals surface area contributed by atoms with E-state index in [4.69, 9.17) is 14.2 Å². The number of hydrogen-bond acceptors (Lipinski definition) is 6. The van der Waals surface area contributed by atoms with E-state index in [-0.39, 0.29) is 5.91 Å². The number of carbonyl (C=O) groups excluding carboxylic acids is 1. The van der Waals surface area contributed by atoms with Crippen molar-refractivity contribution in [2.45, 2.75) is 12.8 Å². The number of ether oxygens (including phenoxy) is 3. The molecule has 0 radical (unpaired) electrons. The molecule has 0 saturated heterocycles. The normalized spacial score (nSPS) is 10.5. The van der Waals surface area contributed by atoms with Crippen molar-refractivity contribution in [3.05, 3.63) is 102 Å². The number of nitrogens with zero attached hydrogens (tertiary/aromatic N) is 2. The van der Waals surface area contributed by atoms with Gasteiger partial charge < -0.3 is 19.5 Å². The van der Waals surface area contributed by atoms with Crippen molar-refractivity contribution >= 4 is 5.91 Å². The Kier molecular flexibility index (Phi) is 8.48. The zero-order valence-electron chi connectivity index (χ0n) is 20.4. The van der Waals surface area contributed by atoms with Crippen molar-refractivity contribution in [1.82, 2.24) is 15.3 Å². The number of benzene rings is 2. The minimum absolute atomic E-state index is 0.117. The van der Waals surface area contributed by atoms with Gasteiger partial charge in [-0.2, -0.15) is 0 Å². The Hall–Kier alpha value is -4.39. The minimum Gasteiger partial charge on any atom is -0.493 e. The van der Waals surface area contributed by atoms with Gasteiger partial charge in [-0.15, -0.1) is 0 Å². The molecule has 0 fully saturated rings. The van der Waals surface area contributed by atoms with E-state index in [1.165, 1.54) is 0 Å². The van der Waals surface area contributed by atoms with E-state index in [9.17, 15) is 4.79 Å². The predicted molar refractivity (Wildman–Crippen MR) is 139 cm³/mol. The van der Waals surface area contributed by atoms with Gasteiger partial charge in [0, 0.05) is 42.6 Å². The van der Waals surface area contributed by atoms with Gasteiger partial charge in [-0.1, -0.05) is 24.3 Å². The van der Waals surface area contributed by atoms with E-state index in [1.54, 1.807) is 32.7 Å². The molecule has 2 aromatic heterocycles. The molecule has 0 aliphatic carbocycles. The van der Waals surface area contributed by atoms with Crippen LogP contribution in [0.5, 0.6) is 17.4 Å². The van der Waals surface area contributed by atoms with E-state index in [0.29, 0.717) is 42.5 Å². The van der Waals surface area contributed by atoms with Crippen LogP contribution in [-0.4, -0.2) is 43.2 Å². The fourth-order valence-electron chi connectivity index (χ4n) is 3.76. The van der Waals surface area contributed by atoms with Crippen molar-refractivity contribution < 1.29 is 19.0 Å². The summed E-state index contributed by atoms with van der Waals surface area (Å²) < 4.78 is 16.6. The quantitative estimate of drug-likeness (QED) is 0.331. The van der Waals surface area contributed by atoms with Crippen molar-refractivity contribution in [3.8, 4) is 28.6 Å². The first kappa shape index (κ1) is 24.7. The molecule has 36 heavy (non-hydrogen) atoms. The van der Waals surface area contributed by atoms with Crippen LogP contribution < -0.4 is 19.5 Å². The Morgan fingerprint density at radius 3 is 2.44 bits per heavy atom. The summed E-state index contributed by atoms with van der Waals surface area (Å²) in [6.07, 6.45) is 4.95. The molecule has 0 saturated carbocycles. The molecular weight excluding hydrogens is 454 g/mol. The first-order chi connectivity index (χ1) is 17.7. The molecule has 0 atom stereocenters. The molecule has 0 aliphatic rings. The maximum absolute atomic E-state index is 12.7. The summed E-state index contributed by atoms with van der Waals surface area (Å²) in [4.78, 5) is 21.3. The summed E-state index contributed by atoms with van der Waals surface area (Å²) in [6.45, 7) is 1.01. The van der Waals surface area contributed by atoms with Crippen molar-refractivity contribution in [1.29, 1.82) is 0 Å². The van der Waals surface area contributed by atoms with Crippen molar-refractivity contribution in [2.24, 2.45) is 0 Å². The Morgan fingerprint density at radius 2 is 1.64 bits per heavy atom. The number of amides is 1. The number of carbonyl (C=O) groups is 1. The summed E-state index contributed by atoms with van der Waals surface area (Å²) in [7, 11) is 3.24. The summed E-state index contributed by atoms with van der Waals surface area (Å²) in [5.41, 5.74) is 4.38. The van der Waals surface area contributed by atoms with Gasteiger partial charge in [-0.25, -0.2) is 4.98 Å². The van der Waals surface area contributed by atoms with E-state index in [2.05, 4.69) is 15.3 Å². The van der Waals surface area contributed by atoms with Crippen LogP contribution in [0.3, 0.4) is 0 Å². The van der Waals surface area contributed by atoms with Gasteiger partial charge in [0.2, 0.25) is 5.88 Å². The second-order valence-corrected chi connectivity index (χ2v) is 8.09. The molecule has 1 N–H and O–H groups in total. The van der Waals surface area contributed by atoms with E-state index in [1.807, 2.05) is 66.7 Å². The average Bonchev–Trinajstić information content (AvgIpc) is 2.93. The molecule has 7 heteroatoms. The fraction of sp³-hybridized carbons (Fsp3) is 0.207. The van der Waals surface area contributed by atoms with Gasteiger partial charge in [-0.05, 0) is 60.0 Å². The molecule has 2 heterocycles. The Balaban J connectivity index is 1.35. The fourth-order valence-corrected chi connectivity index (χ4v) is 3.76. The van der Waals surface area contributed by atoms with Crippen LogP contribution in [-0.2, 0) is 12.8 Å². The van der Waals surface area contributed by atoms with Gasteiger partial charge in [-0.3, -0.25) is 9.78 Å². The summed E-state index contributed by atoms with van der Waals surface area (Å²) in [6, 6.07) is 22.8. The van der Waals surface area contributed by atoms with Crippen LogP contribution in [0.15, 0.2) is 85.2 Å². The smallest absolute Gasteiger partial charge is 0.251 e. The topological polar surface area (TPSA) is 82.6 Å². The zero-order valence-corrected chi connectivity index (χ0v) is 20.4. The first-order valence-electron chi connectivity index (χ1n) is 11.7. The average molecular weight is 484 g/mol. The second-order valence-electron chi connectivity index (χ2n) is 8.09. The summed E-state index contributed by atoms with van der Waals surface area (Å²) >= 11 is 0. The molecule has 4 aromatic rings. The summed E-state index contributed by atoms with van der Waals surface area (Å²) in [5, 5.41) is 2.98. The molecule has 0 bridgehead atoms. The predicted octanol–water partition coefficient (Wildman–Crippen LogP) is 4.75. The Labute approximate surface area is 211 Å². The molecular formula is C29H29N3O4. The van der Waals surface area contributed by atoms with Gasteiger partial charge >= 0.3 is 0 Å². The number of methoxy groups -OCH3 is 2. The second kappa shape index (κ2) is 12.4. The molecule has 184 valence electrons. The third kappa shape index (κ3) is 6.60. The highest BCUT2D eigenvalue weighted by Crippen LogP contribution is 2.28. The highest BCUT2D eigenvalue weighted by molar-refractivity contribution is 5.95. The van der Waals surface area contributed by atoms with Crippen molar-refractivity contribution in [3.63, 3.8) is 0 Å². The lowest BCUT2D eigenvalue weighted by Crippen LogP contribution is -2.25. The highest BCUT2D eigenvalue weighted by Gasteiger charge is 2.09. The molecule has 0 unspecified atom stereocenters. The molecule has 0 spiro atoms. The van der Waals surface area contributed by atoms with Crippen molar-refractivity contribution in [2.75, 3.05) is 27.4 Å². The van der Waals surface area contributed by atoms with Crippen LogP contribution in [0.2, 0.25) is 0 Å². The lowest BCUT2D eigenvalue weighted by atomic mass is 10.1.